The molecule has 3 aromatic carbocycles. The molecule has 3 aliphatic carbocycles. The van der Waals surface area contributed by atoms with Crippen LogP contribution in [0.15, 0.2) is 60.7 Å². The minimum absolute atomic E-state index is 0.0222. The first kappa shape index (κ1) is 35.4. The van der Waals surface area contributed by atoms with Crippen molar-refractivity contribution in [2.24, 2.45) is 17.3 Å². The van der Waals surface area contributed by atoms with E-state index in [1.165, 1.54) is 62.5 Å². The van der Waals surface area contributed by atoms with Gasteiger partial charge in [0, 0.05) is 18.7 Å². The Balaban J connectivity index is 1.17. The van der Waals surface area contributed by atoms with Crippen LogP contribution in [0.2, 0.25) is 0 Å². The molecular weight excluding hydrogens is 635 g/mol. The molecular formula is C44H57N3O4. The van der Waals surface area contributed by atoms with E-state index in [1.54, 1.807) is 5.56 Å². The zero-order valence-corrected chi connectivity index (χ0v) is 31.1. The lowest BCUT2D eigenvalue weighted by Crippen LogP contribution is -2.53. The van der Waals surface area contributed by atoms with E-state index >= 15 is 0 Å². The van der Waals surface area contributed by atoms with Crippen LogP contribution in [0.1, 0.15) is 137 Å². The van der Waals surface area contributed by atoms with E-state index < -0.39 is 5.97 Å². The molecule has 0 radical (unpaired) electrons. The van der Waals surface area contributed by atoms with E-state index in [-0.39, 0.29) is 29.5 Å². The summed E-state index contributed by atoms with van der Waals surface area (Å²) >= 11 is 0. The van der Waals surface area contributed by atoms with Crippen molar-refractivity contribution >= 4 is 23.3 Å². The molecule has 3 N–H and O–H groups in total. The maximum Gasteiger partial charge on any atom is 0.341 e. The number of hydrogen-bond acceptors (Lipinski definition) is 5. The monoisotopic (exact) mass is 691 g/mol. The number of hydrogen-bond donors (Lipinski definition) is 3. The summed E-state index contributed by atoms with van der Waals surface area (Å²) in [6.07, 6.45) is 13.2. The van der Waals surface area contributed by atoms with Gasteiger partial charge >= 0.3 is 5.97 Å². The number of rotatable bonds is 11. The molecule has 1 heterocycles. The highest BCUT2D eigenvalue weighted by Gasteiger charge is 2.53. The van der Waals surface area contributed by atoms with Gasteiger partial charge in [0.2, 0.25) is 0 Å². The maximum atomic E-state index is 13.4. The van der Waals surface area contributed by atoms with Gasteiger partial charge in [-0.15, -0.1) is 0 Å². The van der Waals surface area contributed by atoms with Crippen molar-refractivity contribution in [1.82, 2.24) is 5.32 Å². The molecule has 2 fully saturated rings. The second-order valence-corrected chi connectivity index (χ2v) is 16.8. The molecule has 1 unspecified atom stereocenters. The molecule has 7 nitrogen and oxygen atoms in total. The standard InChI is InChI=1S/C44H57N3O4/c1-29(2)31-14-17-36-32(24-31)16-19-39-43(3,21-9-22-44(36,39)4)28-47-38-18-15-34(42(50)45-23-20-30-10-6-5-7-11-30)26-37(38)46-41(47)33-12-8-13-35(25-33)51-27-40(48)49/h8,12-15,17-18,24-26,29-30,39,41,46H,5-7,9-11,16,19-23,27-28H2,1-4H3,(H,45,50)(H,48,49)/t39-,41?,43-,44+/m0/s1. The smallest absolute Gasteiger partial charge is 0.341 e. The molecule has 0 bridgehead atoms. The zero-order valence-electron chi connectivity index (χ0n) is 31.1. The molecule has 272 valence electrons. The normalized spacial score (nSPS) is 25.8. The lowest BCUT2D eigenvalue weighted by atomic mass is 9.49. The van der Waals surface area contributed by atoms with Crippen molar-refractivity contribution < 1.29 is 19.4 Å². The highest BCUT2D eigenvalue weighted by Crippen LogP contribution is 2.59. The Morgan fingerprint density at radius 3 is 2.59 bits per heavy atom. The Bertz CT molecular complexity index is 1750. The third-order valence-corrected chi connectivity index (χ3v) is 13.0. The molecule has 0 saturated heterocycles. The molecule has 2 saturated carbocycles. The Morgan fingerprint density at radius 2 is 1.80 bits per heavy atom. The van der Waals surface area contributed by atoms with Crippen LogP contribution in [-0.2, 0) is 16.6 Å². The van der Waals surface area contributed by atoms with E-state index in [1.807, 2.05) is 30.3 Å². The Morgan fingerprint density at radius 1 is 0.980 bits per heavy atom. The number of aryl methyl sites for hydroxylation is 1. The Kier molecular flexibility index (Phi) is 10.1. The molecule has 7 rings (SSSR count). The predicted octanol–water partition coefficient (Wildman–Crippen LogP) is 9.61. The summed E-state index contributed by atoms with van der Waals surface area (Å²) < 4.78 is 5.62. The van der Waals surface area contributed by atoms with E-state index in [0.29, 0.717) is 29.7 Å². The number of carbonyl (C=O) groups excluding carboxylic acids is 1. The van der Waals surface area contributed by atoms with Gasteiger partial charge in [0.25, 0.3) is 5.91 Å². The fourth-order valence-electron chi connectivity index (χ4n) is 10.3. The number of nitrogens with one attached hydrogen (secondary N) is 2. The molecule has 0 aromatic heterocycles. The van der Waals surface area contributed by atoms with Crippen molar-refractivity contribution in [3.8, 4) is 5.75 Å². The quantitative estimate of drug-likeness (QED) is 0.186. The van der Waals surface area contributed by atoms with Gasteiger partial charge in [-0.2, -0.15) is 0 Å². The second kappa shape index (κ2) is 14.6. The summed E-state index contributed by atoms with van der Waals surface area (Å²) in [4.78, 5) is 27.2. The van der Waals surface area contributed by atoms with E-state index in [0.717, 1.165) is 48.7 Å². The van der Waals surface area contributed by atoms with Gasteiger partial charge in [-0.25, -0.2) is 4.79 Å². The number of nitrogens with zero attached hydrogens (tertiary/aromatic N) is 1. The van der Waals surface area contributed by atoms with Crippen LogP contribution in [-0.4, -0.2) is 36.7 Å². The van der Waals surface area contributed by atoms with E-state index in [2.05, 4.69) is 73.6 Å². The van der Waals surface area contributed by atoms with Crippen LogP contribution in [0.4, 0.5) is 11.4 Å². The first-order valence-corrected chi connectivity index (χ1v) is 19.6. The average molecular weight is 692 g/mol. The number of fused-ring (bicyclic) bond motifs is 4. The van der Waals surface area contributed by atoms with E-state index in [4.69, 9.17) is 4.74 Å². The van der Waals surface area contributed by atoms with Gasteiger partial charge in [-0.05, 0) is 113 Å². The number of benzene rings is 3. The van der Waals surface area contributed by atoms with Gasteiger partial charge in [0.1, 0.15) is 11.9 Å². The van der Waals surface area contributed by atoms with Crippen molar-refractivity contribution in [1.29, 1.82) is 0 Å². The second-order valence-electron chi connectivity index (χ2n) is 16.8. The fraction of sp³-hybridized carbons (Fsp3) is 0.545. The summed E-state index contributed by atoms with van der Waals surface area (Å²) in [5.74, 6) is 1.29. The Labute approximate surface area is 304 Å². The molecule has 1 amide bonds. The van der Waals surface area contributed by atoms with Crippen molar-refractivity contribution in [2.75, 3.05) is 29.9 Å². The maximum absolute atomic E-state index is 13.4. The van der Waals surface area contributed by atoms with Crippen molar-refractivity contribution in [3.63, 3.8) is 0 Å². The van der Waals surface area contributed by atoms with Gasteiger partial charge in [0.05, 0.1) is 11.4 Å². The number of anilines is 2. The van der Waals surface area contributed by atoms with Gasteiger partial charge in [0.15, 0.2) is 6.61 Å². The molecule has 3 aromatic rings. The van der Waals surface area contributed by atoms with Crippen LogP contribution in [0.25, 0.3) is 0 Å². The largest absolute Gasteiger partial charge is 0.482 e. The first-order valence-electron chi connectivity index (χ1n) is 19.6. The lowest BCUT2D eigenvalue weighted by Gasteiger charge is -2.57. The summed E-state index contributed by atoms with van der Waals surface area (Å²) in [6, 6.07) is 21.2. The summed E-state index contributed by atoms with van der Waals surface area (Å²) in [6.45, 7) is 10.8. The number of aliphatic carboxylic acids is 1. The number of carboxylic acids is 1. The third-order valence-electron chi connectivity index (χ3n) is 13.0. The number of carboxylic acid groups (broad SMARTS) is 1. The van der Waals surface area contributed by atoms with Gasteiger partial charge < -0.3 is 25.4 Å². The van der Waals surface area contributed by atoms with Crippen LogP contribution >= 0.6 is 0 Å². The molecule has 7 heteroatoms. The van der Waals surface area contributed by atoms with Crippen molar-refractivity contribution in [2.45, 2.75) is 116 Å². The van der Waals surface area contributed by atoms with Crippen LogP contribution in [0, 0.1) is 17.3 Å². The molecule has 4 atom stereocenters. The highest BCUT2D eigenvalue weighted by atomic mass is 16.5. The highest BCUT2D eigenvalue weighted by molar-refractivity contribution is 5.97. The average Bonchev–Trinajstić information content (AvgIpc) is 3.47. The van der Waals surface area contributed by atoms with E-state index in [9.17, 15) is 14.7 Å². The Hall–Kier alpha value is -4.00. The van der Waals surface area contributed by atoms with Crippen LogP contribution in [0.3, 0.4) is 0 Å². The summed E-state index contributed by atoms with van der Waals surface area (Å²) in [7, 11) is 0. The summed E-state index contributed by atoms with van der Waals surface area (Å²) in [5, 5.41) is 16.2. The topological polar surface area (TPSA) is 90.9 Å². The van der Waals surface area contributed by atoms with Gasteiger partial charge in [-0.3, -0.25) is 4.79 Å². The zero-order chi connectivity index (χ0) is 35.8. The minimum Gasteiger partial charge on any atom is -0.482 e. The third kappa shape index (κ3) is 7.23. The van der Waals surface area contributed by atoms with Crippen molar-refractivity contribution in [3.05, 3.63) is 88.5 Å². The summed E-state index contributed by atoms with van der Waals surface area (Å²) in [5.41, 5.74) is 8.42. The molecule has 1 aliphatic heterocycles. The molecule has 51 heavy (non-hydrogen) atoms. The minimum atomic E-state index is -0.999. The van der Waals surface area contributed by atoms with Crippen LogP contribution < -0.4 is 20.3 Å². The molecule has 0 spiro atoms. The fourth-order valence-corrected chi connectivity index (χ4v) is 10.3. The van der Waals surface area contributed by atoms with Crippen LogP contribution in [0.5, 0.6) is 5.75 Å². The lowest BCUT2D eigenvalue weighted by molar-refractivity contribution is -0.139. The molecule has 4 aliphatic rings. The number of amides is 1. The SMILES string of the molecule is CC(C)c1ccc2c(c1)CC[C@H]1[C@](C)(CN3c4ccc(C(=O)NCCC5CCCCC5)cc4NC3c3cccc(OCC(=O)O)c3)CCC[C@]21C. The van der Waals surface area contributed by atoms with Gasteiger partial charge in [-0.1, -0.05) is 96.6 Å². The first-order chi connectivity index (χ1) is 24.5. The number of carbonyl (C=O) groups is 2. The predicted molar refractivity (Wildman–Crippen MR) is 205 cm³/mol. The number of ether oxygens (including phenoxy) is 1.